The minimum absolute atomic E-state index is 0.0945. The highest BCUT2D eigenvalue weighted by atomic mass is 19.4. The molecule has 0 aliphatic heterocycles. The molecular weight excluding hydrogens is 353 g/mol. The summed E-state index contributed by atoms with van der Waals surface area (Å²) >= 11 is 0. The molecule has 0 amide bonds. The monoisotopic (exact) mass is 368 g/mol. The van der Waals surface area contributed by atoms with E-state index >= 15 is 0 Å². The Morgan fingerprint density at radius 3 is 2.54 bits per heavy atom. The third kappa shape index (κ3) is 3.92. The average Bonchev–Trinajstić information content (AvgIpc) is 2.97. The Labute approximate surface area is 146 Å². The Bertz CT molecular complexity index is 911. The Morgan fingerprint density at radius 1 is 1.08 bits per heavy atom. The molecule has 0 aliphatic carbocycles. The molecule has 10 heteroatoms. The quantitative estimate of drug-likeness (QED) is 0.666. The minimum Gasteiger partial charge on any atom is -0.406 e. The zero-order valence-corrected chi connectivity index (χ0v) is 13.9. The number of nitrogens with zero attached hydrogens (tertiary/aromatic N) is 4. The third-order valence-electron chi connectivity index (χ3n) is 3.52. The topological polar surface area (TPSA) is 70.8 Å². The van der Waals surface area contributed by atoms with Crippen LogP contribution in [0.25, 0.3) is 16.9 Å². The zero-order chi connectivity index (χ0) is 18.7. The first kappa shape index (κ1) is 18.1. The lowest BCUT2D eigenvalue weighted by molar-refractivity contribution is -0.274. The summed E-state index contributed by atoms with van der Waals surface area (Å²) < 4.78 is 53.2. The maximum atomic E-state index is 12.4. The number of hydrogen-bond donors (Lipinski definition) is 0. The number of fused-ring (bicyclic) bond motifs is 1. The molecule has 0 saturated carbocycles. The molecule has 3 aromatic rings. The van der Waals surface area contributed by atoms with Crippen molar-refractivity contribution >= 4 is 5.65 Å². The van der Waals surface area contributed by atoms with Gasteiger partial charge in [0, 0.05) is 26.0 Å². The molecule has 0 spiro atoms. The second-order valence-electron chi connectivity index (χ2n) is 5.35. The van der Waals surface area contributed by atoms with E-state index in [2.05, 4.69) is 19.9 Å². The number of rotatable bonds is 6. The van der Waals surface area contributed by atoms with Gasteiger partial charge in [0.05, 0.1) is 18.5 Å². The average molecular weight is 368 g/mol. The van der Waals surface area contributed by atoms with Crippen LogP contribution < -0.4 is 4.74 Å². The van der Waals surface area contributed by atoms with Crippen LogP contribution in [0, 0.1) is 0 Å². The van der Waals surface area contributed by atoms with Crippen molar-refractivity contribution in [3.05, 3.63) is 42.0 Å². The normalized spacial score (nSPS) is 11.9. The van der Waals surface area contributed by atoms with Crippen molar-refractivity contribution in [2.45, 2.75) is 19.6 Å². The van der Waals surface area contributed by atoms with Crippen LogP contribution in [0.5, 0.6) is 5.75 Å². The lowest BCUT2D eigenvalue weighted by Gasteiger charge is -2.13. The van der Waals surface area contributed by atoms with Gasteiger partial charge in [0.25, 0.3) is 0 Å². The molecule has 138 valence electrons. The largest absolute Gasteiger partial charge is 0.573 e. The lowest BCUT2D eigenvalue weighted by Crippen LogP contribution is -2.17. The van der Waals surface area contributed by atoms with Gasteiger partial charge in [0.2, 0.25) is 0 Å². The molecule has 0 bridgehead atoms. The minimum atomic E-state index is -4.76. The van der Waals surface area contributed by atoms with E-state index in [1.54, 1.807) is 17.7 Å². The summed E-state index contributed by atoms with van der Waals surface area (Å²) in [6.07, 6.45) is -1.54. The van der Waals surface area contributed by atoms with E-state index in [1.807, 2.05) is 0 Å². The number of methoxy groups -OCH3 is 2. The second kappa shape index (κ2) is 7.26. The number of aromatic nitrogens is 4. The van der Waals surface area contributed by atoms with Gasteiger partial charge in [-0.15, -0.1) is 23.4 Å². The number of benzene rings is 1. The van der Waals surface area contributed by atoms with Gasteiger partial charge in [0.1, 0.15) is 12.4 Å². The highest BCUT2D eigenvalue weighted by molar-refractivity contribution is 5.65. The molecule has 0 N–H and O–H groups in total. The number of alkyl halides is 3. The summed E-state index contributed by atoms with van der Waals surface area (Å²) in [5.74, 6) is 0.259. The first-order valence-corrected chi connectivity index (χ1v) is 7.48. The van der Waals surface area contributed by atoms with Crippen molar-refractivity contribution in [1.29, 1.82) is 0 Å². The molecule has 0 unspecified atom stereocenters. The molecule has 0 saturated heterocycles. The van der Waals surface area contributed by atoms with E-state index in [4.69, 9.17) is 9.47 Å². The molecule has 0 radical (unpaired) electrons. The summed E-state index contributed by atoms with van der Waals surface area (Å²) in [6.45, 7) is 0.352. The summed E-state index contributed by atoms with van der Waals surface area (Å²) in [5.41, 5.74) is 2.18. The summed E-state index contributed by atoms with van der Waals surface area (Å²) in [6, 6.07) is 4.01. The molecule has 3 rings (SSSR count). The van der Waals surface area contributed by atoms with Crippen molar-refractivity contribution in [2.75, 3.05) is 14.2 Å². The maximum Gasteiger partial charge on any atom is 0.573 e. The third-order valence-corrected chi connectivity index (χ3v) is 3.52. The van der Waals surface area contributed by atoms with Crippen molar-refractivity contribution in [3.63, 3.8) is 0 Å². The summed E-state index contributed by atoms with van der Waals surface area (Å²) in [7, 11) is 2.99. The molecule has 2 heterocycles. The smallest absolute Gasteiger partial charge is 0.406 e. The Hall–Kier alpha value is -2.72. The van der Waals surface area contributed by atoms with E-state index < -0.39 is 6.36 Å². The molecule has 0 aliphatic rings. The summed E-state index contributed by atoms with van der Waals surface area (Å²) in [4.78, 5) is 4.32. The van der Waals surface area contributed by atoms with Crippen LogP contribution in [0.3, 0.4) is 0 Å². The molecule has 0 fully saturated rings. The fourth-order valence-electron chi connectivity index (χ4n) is 2.51. The van der Waals surface area contributed by atoms with E-state index in [0.717, 1.165) is 0 Å². The SMILES string of the molecule is COCc1cc(OC(F)(F)F)ccc1-c1cn2c(COC)nnc2cn1. The van der Waals surface area contributed by atoms with Crippen LogP contribution in [0.15, 0.2) is 30.6 Å². The number of ether oxygens (including phenoxy) is 3. The molecule has 1 aromatic carbocycles. The summed E-state index contributed by atoms with van der Waals surface area (Å²) in [5, 5.41) is 8.00. The maximum absolute atomic E-state index is 12.4. The number of hydrogen-bond acceptors (Lipinski definition) is 6. The van der Waals surface area contributed by atoms with Crippen LogP contribution in [-0.2, 0) is 22.7 Å². The van der Waals surface area contributed by atoms with Gasteiger partial charge in [0.15, 0.2) is 11.5 Å². The van der Waals surface area contributed by atoms with Crippen LogP contribution in [0.4, 0.5) is 13.2 Å². The molecular formula is C16H15F3N4O3. The molecule has 7 nitrogen and oxygen atoms in total. The van der Waals surface area contributed by atoms with Crippen molar-refractivity contribution in [3.8, 4) is 17.0 Å². The first-order valence-electron chi connectivity index (χ1n) is 7.48. The van der Waals surface area contributed by atoms with E-state index in [0.29, 0.717) is 28.3 Å². The van der Waals surface area contributed by atoms with Gasteiger partial charge in [-0.1, -0.05) is 0 Å². The molecule has 26 heavy (non-hydrogen) atoms. The van der Waals surface area contributed by atoms with Gasteiger partial charge < -0.3 is 14.2 Å². The van der Waals surface area contributed by atoms with E-state index in [-0.39, 0.29) is 19.0 Å². The van der Waals surface area contributed by atoms with Gasteiger partial charge in [-0.25, -0.2) is 0 Å². The highest BCUT2D eigenvalue weighted by Gasteiger charge is 2.31. The Kier molecular flexibility index (Phi) is 5.05. The zero-order valence-electron chi connectivity index (χ0n) is 13.9. The van der Waals surface area contributed by atoms with Crippen LogP contribution in [0.2, 0.25) is 0 Å². The Morgan fingerprint density at radius 2 is 1.85 bits per heavy atom. The fraction of sp³-hybridized carbons (Fsp3) is 0.312. The van der Waals surface area contributed by atoms with Crippen LogP contribution in [-0.4, -0.2) is 40.2 Å². The van der Waals surface area contributed by atoms with Crippen LogP contribution in [0.1, 0.15) is 11.4 Å². The molecule has 2 aromatic heterocycles. The van der Waals surface area contributed by atoms with E-state index in [9.17, 15) is 13.2 Å². The predicted molar refractivity (Wildman–Crippen MR) is 84.3 cm³/mol. The standard InChI is InChI=1S/C16H15F3N4O3/c1-24-8-10-5-11(26-16(17,18)19)3-4-12(10)13-7-23-14(6-20-13)21-22-15(23)9-25-2/h3-7H,8-9H2,1-2H3. The van der Waals surface area contributed by atoms with Crippen molar-refractivity contribution in [2.24, 2.45) is 0 Å². The predicted octanol–water partition coefficient (Wildman–Crippen LogP) is 2.98. The fourth-order valence-corrected chi connectivity index (χ4v) is 2.51. The highest BCUT2D eigenvalue weighted by Crippen LogP contribution is 2.30. The van der Waals surface area contributed by atoms with Crippen molar-refractivity contribution < 1.29 is 27.4 Å². The van der Waals surface area contributed by atoms with E-state index in [1.165, 1.54) is 31.5 Å². The first-order chi connectivity index (χ1) is 12.4. The number of halogens is 3. The second-order valence-corrected chi connectivity index (χ2v) is 5.35. The van der Waals surface area contributed by atoms with Gasteiger partial charge in [-0.3, -0.25) is 9.38 Å². The van der Waals surface area contributed by atoms with Gasteiger partial charge >= 0.3 is 6.36 Å². The lowest BCUT2D eigenvalue weighted by atomic mass is 10.0. The van der Waals surface area contributed by atoms with Gasteiger partial charge in [-0.05, 0) is 23.8 Å². The van der Waals surface area contributed by atoms with Crippen molar-refractivity contribution in [1.82, 2.24) is 19.6 Å². The molecule has 0 atom stereocenters. The van der Waals surface area contributed by atoms with Gasteiger partial charge in [-0.2, -0.15) is 0 Å². The van der Waals surface area contributed by atoms with Crippen LogP contribution >= 0.6 is 0 Å². The Balaban J connectivity index is 2.04.